The Morgan fingerprint density at radius 1 is 1.40 bits per heavy atom. The number of carbonyl (C=O) groups is 1. The molecule has 0 radical (unpaired) electrons. The van der Waals surface area contributed by atoms with Crippen molar-refractivity contribution in [2.75, 3.05) is 5.32 Å². The molecule has 9 nitrogen and oxygen atoms in total. The van der Waals surface area contributed by atoms with Crippen LogP contribution in [-0.2, 0) is 14.5 Å². The number of aryl methyl sites for hydroxylation is 1. The number of benzene rings is 1. The van der Waals surface area contributed by atoms with E-state index >= 15 is 0 Å². The number of aliphatic hydroxyl groups is 1. The minimum Gasteiger partial charge on any atom is -0.384 e. The highest BCUT2D eigenvalue weighted by Gasteiger charge is 2.25. The highest BCUT2D eigenvalue weighted by Crippen LogP contribution is 2.34. The largest absolute Gasteiger partial charge is 0.384 e. The average molecular weight is 535 g/mol. The third kappa shape index (κ3) is 6.24. The third-order valence-electron chi connectivity index (χ3n) is 5.61. The Kier molecular flexibility index (Phi) is 7.53. The van der Waals surface area contributed by atoms with Crippen LogP contribution in [0.3, 0.4) is 0 Å². The minimum absolute atomic E-state index is 0.0722. The fourth-order valence-corrected chi connectivity index (χ4v) is 5.39. The Bertz CT molecular complexity index is 1390. The maximum atomic E-state index is 13.4. The van der Waals surface area contributed by atoms with Crippen LogP contribution < -0.4 is 10.5 Å². The highest BCUT2D eigenvalue weighted by molar-refractivity contribution is 7.84. The fraction of sp³-hybridized carbons (Fsp3) is 0.261. The number of aromatic nitrogens is 2. The predicted octanol–water partition coefficient (Wildman–Crippen LogP) is 3.88. The summed E-state index contributed by atoms with van der Waals surface area (Å²) in [5, 5.41) is 19.5. The number of nitrogens with two attached hydrogens (primary N) is 1. The molecule has 184 valence electrons. The molecule has 1 aliphatic rings. The number of carbonyl (C=O) groups excluding carboxylic acids is 1. The van der Waals surface area contributed by atoms with E-state index in [0.717, 1.165) is 16.7 Å². The van der Waals surface area contributed by atoms with E-state index in [1.807, 2.05) is 6.92 Å². The number of rotatable bonds is 8. The highest BCUT2D eigenvalue weighted by atomic mass is 35.5. The first-order chi connectivity index (χ1) is 16.6. The van der Waals surface area contributed by atoms with Crippen LogP contribution in [0.4, 0.5) is 5.82 Å². The number of hydrogen-bond acceptors (Lipinski definition) is 9. The molecule has 0 saturated heterocycles. The molecule has 2 heterocycles. The summed E-state index contributed by atoms with van der Waals surface area (Å²) in [6.07, 6.45) is 4.88. The van der Waals surface area contributed by atoms with Crippen LogP contribution in [0.15, 0.2) is 54.7 Å². The lowest BCUT2D eigenvalue weighted by Crippen LogP contribution is -2.19. The van der Waals surface area contributed by atoms with Gasteiger partial charge in [0.05, 0.1) is 10.4 Å². The molecule has 0 amide bonds. The molecular weight excluding hydrogens is 512 g/mol. The lowest BCUT2D eigenvalue weighted by Gasteiger charge is -2.14. The number of hydrogen-bond donors (Lipinski definition) is 3. The monoisotopic (exact) mass is 534 g/mol. The van der Waals surface area contributed by atoms with Gasteiger partial charge in [-0.1, -0.05) is 23.7 Å². The van der Waals surface area contributed by atoms with E-state index in [1.165, 1.54) is 23.9 Å². The van der Waals surface area contributed by atoms with Crippen molar-refractivity contribution in [2.45, 2.75) is 38.3 Å². The first-order valence-electron chi connectivity index (χ1n) is 10.6. The zero-order chi connectivity index (χ0) is 25.2. The van der Waals surface area contributed by atoms with Gasteiger partial charge in [-0.2, -0.15) is 13.6 Å². The minimum atomic E-state index is -4.05. The van der Waals surface area contributed by atoms with Crippen molar-refractivity contribution >= 4 is 44.8 Å². The van der Waals surface area contributed by atoms with E-state index in [0.29, 0.717) is 51.7 Å². The maximum Gasteiger partial charge on any atom is 0.379 e. The molecule has 1 fully saturated rings. The first kappa shape index (κ1) is 25.3. The van der Waals surface area contributed by atoms with Crippen LogP contribution >= 0.6 is 22.9 Å². The summed E-state index contributed by atoms with van der Waals surface area (Å²) in [4.78, 5) is 22.9. The summed E-state index contributed by atoms with van der Waals surface area (Å²) in [5.41, 5.74) is 2.36. The lowest BCUT2D eigenvalue weighted by molar-refractivity contribution is 0.104. The maximum absolute atomic E-state index is 13.4. The zero-order valence-corrected chi connectivity index (χ0v) is 21.0. The Balaban J connectivity index is 1.52. The molecular formula is C23H23ClN4O5S2. The van der Waals surface area contributed by atoms with Crippen molar-refractivity contribution in [2.24, 2.45) is 5.14 Å². The number of ketones is 1. The summed E-state index contributed by atoms with van der Waals surface area (Å²) < 4.78 is 26.6. The van der Waals surface area contributed by atoms with Crippen molar-refractivity contribution < 1.29 is 22.5 Å². The van der Waals surface area contributed by atoms with Gasteiger partial charge in [0.1, 0.15) is 24.5 Å². The number of nitrogens with zero attached hydrogens (tertiary/aromatic N) is 2. The molecule has 0 bridgehead atoms. The number of thiophene rings is 1. The smallest absolute Gasteiger partial charge is 0.379 e. The summed E-state index contributed by atoms with van der Waals surface area (Å²) in [6, 6.07) is 8.58. The second-order valence-corrected chi connectivity index (χ2v) is 11.0. The van der Waals surface area contributed by atoms with Crippen LogP contribution in [0.5, 0.6) is 0 Å². The number of halogens is 1. The second-order valence-electron chi connectivity index (χ2n) is 8.14. The van der Waals surface area contributed by atoms with Gasteiger partial charge in [0.25, 0.3) is 0 Å². The van der Waals surface area contributed by atoms with Gasteiger partial charge in [-0.25, -0.2) is 9.97 Å². The predicted molar refractivity (Wildman–Crippen MR) is 134 cm³/mol. The van der Waals surface area contributed by atoms with Gasteiger partial charge in [-0.15, -0.1) is 11.3 Å². The SMILES string of the molecule is Cc1sc(C(=O)c2cncnc2N[C@H]2CC/C(=C\OS(N)(=O)=O)C2)cc1C(O)c1cccc(Cl)c1. The summed E-state index contributed by atoms with van der Waals surface area (Å²) in [7, 11) is -4.05. The van der Waals surface area contributed by atoms with E-state index in [2.05, 4.69) is 19.5 Å². The topological polar surface area (TPSA) is 144 Å². The van der Waals surface area contributed by atoms with Crippen molar-refractivity contribution in [1.82, 2.24) is 9.97 Å². The molecule has 1 saturated carbocycles. The Hall–Kier alpha value is -2.83. The quantitative estimate of drug-likeness (QED) is 0.291. The standard InChI is InChI=1S/C23H23ClN4O5S2/c1-13-18(21(29)15-3-2-4-16(24)8-15)9-20(34-13)22(30)19-10-26-12-27-23(19)28-17-6-5-14(7-17)11-33-35(25,31)32/h2-4,8-12,17,21,29H,5-7H2,1H3,(H2,25,31,32)(H,26,27,28)/b14-11+/t17-,21?/m0/s1. The van der Waals surface area contributed by atoms with Crippen LogP contribution in [0.2, 0.25) is 5.02 Å². The van der Waals surface area contributed by atoms with E-state index in [-0.39, 0.29) is 11.8 Å². The molecule has 1 aliphatic carbocycles. The van der Waals surface area contributed by atoms with Gasteiger partial charge in [-0.05, 0) is 61.1 Å². The van der Waals surface area contributed by atoms with Gasteiger partial charge in [0, 0.05) is 22.1 Å². The summed E-state index contributed by atoms with van der Waals surface area (Å²) >= 11 is 7.34. The second kappa shape index (κ2) is 10.4. The fourth-order valence-electron chi connectivity index (χ4n) is 3.92. The summed E-state index contributed by atoms with van der Waals surface area (Å²) in [6.45, 7) is 1.85. The Labute approximate surface area is 211 Å². The van der Waals surface area contributed by atoms with Crippen LogP contribution in [0.1, 0.15) is 56.6 Å². The van der Waals surface area contributed by atoms with Crippen LogP contribution in [-0.4, -0.2) is 35.3 Å². The van der Waals surface area contributed by atoms with Gasteiger partial charge >= 0.3 is 10.3 Å². The Morgan fingerprint density at radius 2 is 2.20 bits per heavy atom. The molecule has 1 unspecified atom stereocenters. The van der Waals surface area contributed by atoms with Gasteiger partial charge < -0.3 is 14.6 Å². The van der Waals surface area contributed by atoms with Crippen molar-refractivity contribution in [1.29, 1.82) is 0 Å². The molecule has 12 heteroatoms. The molecule has 2 aromatic heterocycles. The molecule has 4 N–H and O–H groups in total. The van der Waals surface area contributed by atoms with Crippen molar-refractivity contribution in [3.63, 3.8) is 0 Å². The zero-order valence-electron chi connectivity index (χ0n) is 18.6. The molecule has 4 rings (SSSR count). The molecule has 0 aliphatic heterocycles. The average Bonchev–Trinajstić information content (AvgIpc) is 3.43. The van der Waals surface area contributed by atoms with Gasteiger partial charge in [-0.3, -0.25) is 4.79 Å². The molecule has 1 aromatic carbocycles. The van der Waals surface area contributed by atoms with Crippen molar-refractivity contribution in [3.8, 4) is 0 Å². The molecule has 3 aromatic rings. The number of nitrogens with one attached hydrogen (secondary N) is 1. The van der Waals surface area contributed by atoms with Crippen LogP contribution in [0.25, 0.3) is 0 Å². The van der Waals surface area contributed by atoms with E-state index in [4.69, 9.17) is 16.7 Å². The summed E-state index contributed by atoms with van der Waals surface area (Å²) in [5.74, 6) is 0.115. The third-order valence-corrected chi connectivity index (χ3v) is 7.27. The van der Waals surface area contributed by atoms with E-state index < -0.39 is 16.4 Å². The first-order valence-corrected chi connectivity index (χ1v) is 13.3. The number of anilines is 1. The lowest BCUT2D eigenvalue weighted by atomic mass is 10.0. The normalized spacial score (nSPS) is 17.9. The molecule has 2 atom stereocenters. The van der Waals surface area contributed by atoms with E-state index in [9.17, 15) is 18.3 Å². The van der Waals surface area contributed by atoms with Crippen molar-refractivity contribution in [3.05, 3.63) is 86.2 Å². The van der Waals surface area contributed by atoms with E-state index in [1.54, 1.807) is 30.3 Å². The van der Waals surface area contributed by atoms with Gasteiger partial charge in [0.2, 0.25) is 5.78 Å². The Morgan fingerprint density at radius 3 is 2.94 bits per heavy atom. The molecule has 35 heavy (non-hydrogen) atoms. The number of aliphatic hydroxyl groups excluding tert-OH is 1. The van der Waals surface area contributed by atoms with Gasteiger partial charge in [0.15, 0.2) is 0 Å². The molecule has 0 spiro atoms. The van der Waals surface area contributed by atoms with Crippen LogP contribution in [0, 0.1) is 6.92 Å².